The van der Waals surface area contributed by atoms with Crippen LogP contribution >= 0.6 is 0 Å². The average Bonchev–Trinajstić information content (AvgIpc) is 2.28. The Morgan fingerprint density at radius 3 is 2.38 bits per heavy atom. The molecule has 2 heteroatoms. The second kappa shape index (κ2) is 3.63. The minimum absolute atomic E-state index is 0.797. The molecule has 16 heavy (non-hydrogen) atoms. The van der Waals surface area contributed by atoms with E-state index in [2.05, 4.69) is 0 Å². The van der Waals surface area contributed by atoms with Crippen LogP contribution in [0.15, 0.2) is 42.5 Å². The number of carboxylic acid groups (broad SMARTS) is 1. The molecule has 0 saturated heterocycles. The third-order valence-corrected chi connectivity index (χ3v) is 2.97. The van der Waals surface area contributed by atoms with Crippen molar-refractivity contribution in [2.24, 2.45) is 0 Å². The van der Waals surface area contributed by atoms with Crippen molar-refractivity contribution >= 4 is 16.7 Å². The summed E-state index contributed by atoms with van der Waals surface area (Å²) in [6.45, 7) is 3.34. The average molecular weight is 213 g/mol. The molecule has 0 amide bonds. The van der Waals surface area contributed by atoms with E-state index in [9.17, 15) is 9.90 Å². The van der Waals surface area contributed by atoms with Crippen molar-refractivity contribution in [3.8, 4) is 0 Å². The summed E-state index contributed by atoms with van der Waals surface area (Å²) in [5, 5.41) is 13.2. The Bertz CT molecular complexity index is 536. The van der Waals surface area contributed by atoms with E-state index in [1.807, 2.05) is 42.5 Å². The van der Waals surface area contributed by atoms with Crippen LogP contribution in [0.25, 0.3) is 10.8 Å². The largest absolute Gasteiger partial charge is 0.549 e. The van der Waals surface area contributed by atoms with Gasteiger partial charge in [0.25, 0.3) is 0 Å². The quantitative estimate of drug-likeness (QED) is 0.764. The molecule has 0 atom stereocenters. The minimum Gasteiger partial charge on any atom is -0.549 e. The van der Waals surface area contributed by atoms with E-state index in [-0.39, 0.29) is 0 Å². The van der Waals surface area contributed by atoms with Crippen molar-refractivity contribution in [2.75, 3.05) is 0 Å². The minimum atomic E-state index is -1.05. The lowest BCUT2D eigenvalue weighted by molar-refractivity contribution is -0.312. The van der Waals surface area contributed by atoms with E-state index in [1.165, 1.54) is 0 Å². The summed E-state index contributed by atoms with van der Waals surface area (Å²) >= 11 is 0. The zero-order chi connectivity index (χ0) is 11.8. The highest BCUT2D eigenvalue weighted by Gasteiger charge is 2.23. The van der Waals surface area contributed by atoms with Crippen LogP contribution in [-0.2, 0) is 10.2 Å². The highest BCUT2D eigenvalue weighted by molar-refractivity contribution is 5.92. The van der Waals surface area contributed by atoms with Gasteiger partial charge in [-0.05, 0) is 16.3 Å². The molecule has 2 aromatic carbocycles. The first kappa shape index (κ1) is 10.7. The molecule has 2 rings (SSSR count). The van der Waals surface area contributed by atoms with Crippen molar-refractivity contribution in [1.82, 2.24) is 0 Å². The molecular weight excluding hydrogens is 200 g/mol. The molecule has 0 aromatic heterocycles. The Hall–Kier alpha value is -1.83. The summed E-state index contributed by atoms with van der Waals surface area (Å²) in [7, 11) is 0. The number of carbonyl (C=O) groups excluding carboxylic acids is 1. The van der Waals surface area contributed by atoms with Crippen LogP contribution in [0.3, 0.4) is 0 Å². The highest BCUT2D eigenvalue weighted by atomic mass is 16.4. The van der Waals surface area contributed by atoms with E-state index in [4.69, 9.17) is 0 Å². The topological polar surface area (TPSA) is 40.1 Å². The van der Waals surface area contributed by atoms with Crippen LogP contribution in [0.5, 0.6) is 0 Å². The van der Waals surface area contributed by atoms with Gasteiger partial charge in [-0.25, -0.2) is 0 Å². The third-order valence-electron chi connectivity index (χ3n) is 2.97. The van der Waals surface area contributed by atoms with Crippen LogP contribution in [0, 0.1) is 0 Å². The third kappa shape index (κ3) is 1.56. The molecule has 82 valence electrons. The van der Waals surface area contributed by atoms with E-state index in [0.717, 1.165) is 16.3 Å². The Morgan fingerprint density at radius 1 is 1.06 bits per heavy atom. The van der Waals surface area contributed by atoms with E-state index in [1.54, 1.807) is 13.8 Å². The van der Waals surface area contributed by atoms with Gasteiger partial charge >= 0.3 is 0 Å². The first-order valence-electron chi connectivity index (χ1n) is 5.23. The Morgan fingerprint density at radius 2 is 1.69 bits per heavy atom. The Kier molecular flexibility index (Phi) is 2.43. The summed E-state index contributed by atoms with van der Waals surface area (Å²) in [4.78, 5) is 11.2. The summed E-state index contributed by atoms with van der Waals surface area (Å²) in [6.07, 6.45) is 0. The monoisotopic (exact) mass is 213 g/mol. The molecule has 0 spiro atoms. The first-order valence-corrected chi connectivity index (χ1v) is 5.23. The number of carbonyl (C=O) groups is 1. The number of rotatable bonds is 2. The van der Waals surface area contributed by atoms with Gasteiger partial charge in [-0.2, -0.15) is 0 Å². The molecule has 0 saturated carbocycles. The van der Waals surface area contributed by atoms with Crippen molar-refractivity contribution in [3.05, 3.63) is 48.0 Å². The van der Waals surface area contributed by atoms with Crippen LogP contribution in [0.1, 0.15) is 19.4 Å². The van der Waals surface area contributed by atoms with Crippen LogP contribution in [0.2, 0.25) is 0 Å². The van der Waals surface area contributed by atoms with Gasteiger partial charge in [0.05, 0.1) is 5.97 Å². The van der Waals surface area contributed by atoms with Crippen LogP contribution in [-0.4, -0.2) is 5.97 Å². The number of hydrogen-bond acceptors (Lipinski definition) is 2. The highest BCUT2D eigenvalue weighted by Crippen LogP contribution is 2.29. The van der Waals surface area contributed by atoms with Gasteiger partial charge in [-0.3, -0.25) is 0 Å². The number of hydrogen-bond donors (Lipinski definition) is 0. The maximum absolute atomic E-state index is 11.2. The molecule has 0 N–H and O–H groups in total. The fourth-order valence-electron chi connectivity index (χ4n) is 1.88. The lowest BCUT2D eigenvalue weighted by atomic mass is 9.82. The van der Waals surface area contributed by atoms with Gasteiger partial charge in [0.1, 0.15) is 0 Å². The molecule has 2 aromatic rings. The van der Waals surface area contributed by atoms with Crippen molar-refractivity contribution in [1.29, 1.82) is 0 Å². The second-order valence-electron chi connectivity index (χ2n) is 4.44. The summed E-state index contributed by atoms with van der Waals surface area (Å²) in [5.74, 6) is -1.05. The van der Waals surface area contributed by atoms with Gasteiger partial charge in [0.15, 0.2) is 0 Å². The number of carboxylic acids is 1. The number of benzene rings is 2. The predicted octanol–water partition coefficient (Wildman–Crippen LogP) is 1.87. The molecular formula is C14H13O2-. The molecule has 0 aliphatic carbocycles. The van der Waals surface area contributed by atoms with Gasteiger partial charge < -0.3 is 9.90 Å². The SMILES string of the molecule is CC(C)(C(=O)[O-])c1cccc2ccccc12. The van der Waals surface area contributed by atoms with Crippen molar-refractivity contribution < 1.29 is 9.90 Å². The van der Waals surface area contributed by atoms with Gasteiger partial charge in [0, 0.05) is 5.41 Å². The zero-order valence-corrected chi connectivity index (χ0v) is 9.36. The smallest absolute Gasteiger partial charge is 0.0514 e. The van der Waals surface area contributed by atoms with Gasteiger partial charge in [-0.1, -0.05) is 56.3 Å². The Labute approximate surface area is 94.5 Å². The molecule has 0 heterocycles. The lowest BCUT2D eigenvalue weighted by Crippen LogP contribution is -2.41. The van der Waals surface area contributed by atoms with E-state index >= 15 is 0 Å². The molecule has 0 fully saturated rings. The van der Waals surface area contributed by atoms with Gasteiger partial charge in [-0.15, -0.1) is 0 Å². The van der Waals surface area contributed by atoms with Crippen molar-refractivity contribution in [3.63, 3.8) is 0 Å². The van der Waals surface area contributed by atoms with Crippen molar-refractivity contribution in [2.45, 2.75) is 19.3 Å². The van der Waals surface area contributed by atoms with Gasteiger partial charge in [0.2, 0.25) is 0 Å². The zero-order valence-electron chi connectivity index (χ0n) is 9.36. The predicted molar refractivity (Wildman–Crippen MR) is 62.0 cm³/mol. The van der Waals surface area contributed by atoms with E-state index < -0.39 is 11.4 Å². The van der Waals surface area contributed by atoms with E-state index in [0.29, 0.717) is 0 Å². The molecule has 0 bridgehead atoms. The van der Waals surface area contributed by atoms with Crippen LogP contribution < -0.4 is 5.11 Å². The fourth-order valence-corrected chi connectivity index (χ4v) is 1.88. The molecule has 0 aliphatic rings. The second-order valence-corrected chi connectivity index (χ2v) is 4.44. The maximum atomic E-state index is 11.2. The number of aliphatic carboxylic acids is 1. The molecule has 0 aliphatic heterocycles. The lowest BCUT2D eigenvalue weighted by Gasteiger charge is -2.27. The molecule has 0 unspecified atom stereocenters. The maximum Gasteiger partial charge on any atom is 0.0514 e. The Balaban J connectivity index is 2.74. The standard InChI is InChI=1S/C14H14O2/c1-14(2,13(15)16)12-9-5-7-10-6-3-4-8-11(10)12/h3-9H,1-2H3,(H,15,16)/p-1. The summed E-state index contributed by atoms with van der Waals surface area (Å²) in [6, 6.07) is 13.5. The normalized spacial score (nSPS) is 11.6. The number of fused-ring (bicyclic) bond motifs is 1. The summed E-state index contributed by atoms with van der Waals surface area (Å²) < 4.78 is 0. The van der Waals surface area contributed by atoms with Crippen LogP contribution in [0.4, 0.5) is 0 Å². The first-order chi connectivity index (χ1) is 7.53. The fraction of sp³-hybridized carbons (Fsp3) is 0.214. The summed E-state index contributed by atoms with van der Waals surface area (Å²) in [5.41, 5.74) is -0.175. The molecule has 2 nitrogen and oxygen atoms in total. The molecule has 0 radical (unpaired) electrons.